The van der Waals surface area contributed by atoms with Crippen LogP contribution in [-0.4, -0.2) is 22.5 Å². The van der Waals surface area contributed by atoms with Crippen molar-refractivity contribution in [1.29, 1.82) is 0 Å². The Morgan fingerprint density at radius 2 is 1.40 bits per heavy atom. The number of hydrogen-bond donors (Lipinski definition) is 0. The third-order valence-corrected chi connectivity index (χ3v) is 3.24. The zero-order valence-electron chi connectivity index (χ0n) is 7.86. The van der Waals surface area contributed by atoms with Gasteiger partial charge in [0.25, 0.3) is 0 Å². The fraction of sp³-hybridized carbons (Fsp3) is 1.00. The molecule has 1 saturated heterocycles. The van der Waals surface area contributed by atoms with Gasteiger partial charge in [0, 0.05) is 11.1 Å². The molecule has 1 aliphatic heterocycles. The third-order valence-electron chi connectivity index (χ3n) is 3.24. The van der Waals surface area contributed by atoms with Gasteiger partial charge in [0.2, 0.25) is 0 Å². The van der Waals surface area contributed by atoms with Crippen molar-refractivity contribution < 1.29 is 0 Å². The van der Waals surface area contributed by atoms with Crippen molar-refractivity contribution >= 4 is 0 Å². The summed E-state index contributed by atoms with van der Waals surface area (Å²) in [5, 5.41) is 0. The highest BCUT2D eigenvalue weighted by Gasteiger charge is 2.61. The van der Waals surface area contributed by atoms with Gasteiger partial charge >= 0.3 is 0 Å². The maximum atomic E-state index is 2.56. The highest BCUT2D eigenvalue weighted by molar-refractivity contribution is 5.19. The molecule has 0 unspecified atom stereocenters. The van der Waals surface area contributed by atoms with E-state index >= 15 is 0 Å². The van der Waals surface area contributed by atoms with Gasteiger partial charge in [0.1, 0.15) is 0 Å². The SMILES string of the molecule is CCCN1C(C)(C)C1(C)C. The molecule has 1 rings (SSSR count). The molecule has 0 atom stereocenters. The van der Waals surface area contributed by atoms with E-state index in [9.17, 15) is 0 Å². The molecule has 0 aliphatic carbocycles. The van der Waals surface area contributed by atoms with Crippen LogP contribution < -0.4 is 0 Å². The molecule has 0 saturated carbocycles. The van der Waals surface area contributed by atoms with Crippen molar-refractivity contribution in [3.8, 4) is 0 Å². The van der Waals surface area contributed by atoms with Crippen LogP contribution in [0.5, 0.6) is 0 Å². The van der Waals surface area contributed by atoms with Crippen LogP contribution in [0.15, 0.2) is 0 Å². The summed E-state index contributed by atoms with van der Waals surface area (Å²) in [6.07, 6.45) is 1.27. The van der Waals surface area contributed by atoms with Crippen LogP contribution in [0.4, 0.5) is 0 Å². The summed E-state index contributed by atoms with van der Waals surface area (Å²) in [6.45, 7) is 12.8. The predicted molar refractivity (Wildman–Crippen MR) is 45.2 cm³/mol. The Hall–Kier alpha value is -0.0400. The van der Waals surface area contributed by atoms with Gasteiger partial charge in [0.15, 0.2) is 0 Å². The van der Waals surface area contributed by atoms with Gasteiger partial charge in [-0.3, -0.25) is 4.90 Å². The Balaban J connectivity index is 2.54. The molecule has 1 nitrogen and oxygen atoms in total. The van der Waals surface area contributed by atoms with Crippen molar-refractivity contribution in [3.63, 3.8) is 0 Å². The van der Waals surface area contributed by atoms with Crippen LogP contribution >= 0.6 is 0 Å². The molecular weight excluding hydrogens is 122 g/mol. The molecule has 1 fully saturated rings. The summed E-state index contributed by atoms with van der Waals surface area (Å²) >= 11 is 0. The topological polar surface area (TPSA) is 3.01 Å². The molecule has 1 heterocycles. The molecule has 1 aliphatic rings. The van der Waals surface area contributed by atoms with Crippen molar-refractivity contribution in [3.05, 3.63) is 0 Å². The monoisotopic (exact) mass is 141 g/mol. The summed E-state index contributed by atoms with van der Waals surface area (Å²) in [5.41, 5.74) is 0.895. The van der Waals surface area contributed by atoms with Gasteiger partial charge in [0.05, 0.1) is 0 Å². The first-order chi connectivity index (χ1) is 4.44. The Morgan fingerprint density at radius 1 is 1.00 bits per heavy atom. The lowest BCUT2D eigenvalue weighted by atomic mass is 10.0. The molecule has 10 heavy (non-hydrogen) atoms. The summed E-state index contributed by atoms with van der Waals surface area (Å²) in [5.74, 6) is 0. The Labute approximate surface area is 64.4 Å². The second-order valence-electron chi connectivity index (χ2n) is 4.27. The fourth-order valence-corrected chi connectivity index (χ4v) is 1.81. The lowest BCUT2D eigenvalue weighted by molar-refractivity contribution is 0.413. The molecular formula is C9H19N. The van der Waals surface area contributed by atoms with E-state index in [1.54, 1.807) is 0 Å². The van der Waals surface area contributed by atoms with Gasteiger partial charge in [-0.05, 0) is 40.7 Å². The minimum atomic E-state index is 0.447. The first kappa shape index (κ1) is 8.06. The Kier molecular flexibility index (Phi) is 1.59. The van der Waals surface area contributed by atoms with Crippen LogP contribution in [-0.2, 0) is 0 Å². The molecule has 0 amide bonds. The van der Waals surface area contributed by atoms with E-state index in [-0.39, 0.29) is 0 Å². The molecule has 0 aromatic heterocycles. The minimum absolute atomic E-state index is 0.447. The molecule has 0 bridgehead atoms. The van der Waals surface area contributed by atoms with Gasteiger partial charge in [-0.25, -0.2) is 0 Å². The Morgan fingerprint density at radius 3 is 1.50 bits per heavy atom. The molecule has 1 heteroatoms. The van der Waals surface area contributed by atoms with E-state index in [0.29, 0.717) is 11.1 Å². The molecule has 0 aromatic rings. The predicted octanol–water partition coefficient (Wildman–Crippen LogP) is 2.27. The molecule has 0 N–H and O–H groups in total. The molecule has 0 aromatic carbocycles. The van der Waals surface area contributed by atoms with Crippen molar-refractivity contribution in [1.82, 2.24) is 4.90 Å². The highest BCUT2D eigenvalue weighted by Crippen LogP contribution is 2.50. The Bertz CT molecular complexity index is 122. The number of rotatable bonds is 2. The summed E-state index contributed by atoms with van der Waals surface area (Å²) in [6, 6.07) is 0. The number of hydrogen-bond acceptors (Lipinski definition) is 1. The lowest BCUT2D eigenvalue weighted by Crippen LogP contribution is -2.10. The first-order valence-electron chi connectivity index (χ1n) is 4.22. The summed E-state index contributed by atoms with van der Waals surface area (Å²) in [7, 11) is 0. The van der Waals surface area contributed by atoms with Crippen LogP contribution in [0.1, 0.15) is 41.0 Å². The van der Waals surface area contributed by atoms with Crippen LogP contribution in [0.2, 0.25) is 0 Å². The van der Waals surface area contributed by atoms with Crippen LogP contribution in [0.3, 0.4) is 0 Å². The van der Waals surface area contributed by atoms with Gasteiger partial charge in [-0.15, -0.1) is 0 Å². The standard InChI is InChI=1S/C9H19N/c1-6-7-10-8(2,3)9(10,4)5/h6-7H2,1-5H3. The van der Waals surface area contributed by atoms with Gasteiger partial charge in [-0.2, -0.15) is 0 Å². The minimum Gasteiger partial charge on any atom is -0.289 e. The van der Waals surface area contributed by atoms with E-state index in [2.05, 4.69) is 39.5 Å². The van der Waals surface area contributed by atoms with E-state index in [4.69, 9.17) is 0 Å². The second kappa shape index (κ2) is 1.97. The average molecular weight is 141 g/mol. The molecule has 0 radical (unpaired) electrons. The zero-order valence-corrected chi connectivity index (χ0v) is 7.86. The first-order valence-corrected chi connectivity index (χ1v) is 4.22. The zero-order chi connectivity index (χ0) is 7.99. The number of nitrogens with zero attached hydrogens (tertiary/aromatic N) is 1. The molecule has 0 spiro atoms. The van der Waals surface area contributed by atoms with Gasteiger partial charge < -0.3 is 0 Å². The lowest BCUT2D eigenvalue weighted by Gasteiger charge is -2.02. The van der Waals surface area contributed by atoms with Gasteiger partial charge in [-0.1, -0.05) is 6.92 Å². The quantitative estimate of drug-likeness (QED) is 0.533. The van der Waals surface area contributed by atoms with E-state index < -0.39 is 0 Å². The normalized spacial score (nSPS) is 28.5. The van der Waals surface area contributed by atoms with Crippen molar-refractivity contribution in [2.24, 2.45) is 0 Å². The third kappa shape index (κ3) is 0.800. The second-order valence-corrected chi connectivity index (χ2v) is 4.27. The largest absolute Gasteiger partial charge is 0.289 e. The van der Waals surface area contributed by atoms with E-state index in [1.807, 2.05) is 0 Å². The fourth-order valence-electron chi connectivity index (χ4n) is 1.81. The van der Waals surface area contributed by atoms with Crippen molar-refractivity contribution in [2.75, 3.05) is 6.54 Å². The summed E-state index contributed by atoms with van der Waals surface area (Å²) in [4.78, 5) is 2.56. The highest BCUT2D eigenvalue weighted by atomic mass is 15.4. The smallest absolute Gasteiger partial charge is 0.0337 e. The molecule has 60 valence electrons. The van der Waals surface area contributed by atoms with Crippen LogP contribution in [0.25, 0.3) is 0 Å². The summed E-state index contributed by atoms with van der Waals surface area (Å²) < 4.78 is 0. The van der Waals surface area contributed by atoms with E-state index in [1.165, 1.54) is 13.0 Å². The van der Waals surface area contributed by atoms with Crippen molar-refractivity contribution in [2.45, 2.75) is 52.1 Å². The van der Waals surface area contributed by atoms with Crippen LogP contribution in [0, 0.1) is 0 Å². The maximum Gasteiger partial charge on any atom is 0.0337 e. The van der Waals surface area contributed by atoms with E-state index in [0.717, 1.165) is 0 Å². The maximum absolute atomic E-state index is 2.56. The average Bonchev–Trinajstić information content (AvgIpc) is 2.13.